The molecule has 0 aliphatic carbocycles. The van der Waals surface area contributed by atoms with E-state index in [1.54, 1.807) is 9.58 Å². The van der Waals surface area contributed by atoms with Crippen molar-refractivity contribution in [3.8, 4) is 0 Å². The van der Waals surface area contributed by atoms with E-state index in [1.807, 2.05) is 13.0 Å². The van der Waals surface area contributed by atoms with Crippen LogP contribution in [0, 0.1) is 0 Å². The minimum absolute atomic E-state index is 0.0343. The number of rotatable bonds is 4. The Morgan fingerprint density at radius 1 is 1.60 bits per heavy atom. The monoisotopic (exact) mass is 281 g/mol. The molecule has 1 aromatic heterocycles. The Morgan fingerprint density at radius 2 is 2.35 bits per heavy atom. The van der Waals surface area contributed by atoms with Crippen LogP contribution in [0.2, 0.25) is 0 Å². The van der Waals surface area contributed by atoms with Gasteiger partial charge in [-0.3, -0.25) is 9.48 Å². The number of carbonyl (C=O) groups excluding carboxylic acids is 1. The molecule has 1 aromatic rings. The molecule has 6 nitrogen and oxygen atoms in total. The lowest BCUT2D eigenvalue weighted by Crippen LogP contribution is -2.47. The van der Waals surface area contributed by atoms with Crippen LogP contribution in [0.15, 0.2) is 6.07 Å². The first kappa shape index (κ1) is 15.0. The third-order valence-electron chi connectivity index (χ3n) is 3.54. The summed E-state index contributed by atoms with van der Waals surface area (Å²) in [5.41, 5.74) is 1.55. The van der Waals surface area contributed by atoms with Gasteiger partial charge >= 0.3 is 0 Å². The van der Waals surface area contributed by atoms with E-state index >= 15 is 0 Å². The second-order valence-electron chi connectivity index (χ2n) is 5.35. The topological polar surface area (TPSA) is 67.6 Å². The SMILES string of the molecule is CCn1nc(C(C)C)cc1C(=O)N1CCOC(CO)C1. The molecule has 0 bridgehead atoms. The first-order valence-corrected chi connectivity index (χ1v) is 7.16. The lowest BCUT2D eigenvalue weighted by molar-refractivity contribution is -0.0449. The summed E-state index contributed by atoms with van der Waals surface area (Å²) in [4.78, 5) is 14.3. The van der Waals surface area contributed by atoms with Crippen LogP contribution in [-0.4, -0.2) is 58.1 Å². The zero-order valence-electron chi connectivity index (χ0n) is 12.4. The van der Waals surface area contributed by atoms with E-state index in [4.69, 9.17) is 9.84 Å². The summed E-state index contributed by atoms with van der Waals surface area (Å²) in [5, 5.41) is 13.6. The Hall–Kier alpha value is -1.40. The number of aliphatic hydroxyl groups is 1. The second-order valence-corrected chi connectivity index (χ2v) is 5.35. The highest BCUT2D eigenvalue weighted by molar-refractivity contribution is 5.92. The van der Waals surface area contributed by atoms with Crippen molar-refractivity contribution >= 4 is 5.91 Å². The summed E-state index contributed by atoms with van der Waals surface area (Å²) in [7, 11) is 0. The van der Waals surface area contributed by atoms with Gasteiger partial charge in [0.05, 0.1) is 25.0 Å². The second kappa shape index (κ2) is 6.37. The normalized spacial score (nSPS) is 19.6. The molecule has 0 aromatic carbocycles. The number of aromatic nitrogens is 2. The average Bonchev–Trinajstić information content (AvgIpc) is 2.91. The minimum atomic E-state index is -0.282. The van der Waals surface area contributed by atoms with Crippen LogP contribution in [0.3, 0.4) is 0 Å². The summed E-state index contributed by atoms with van der Waals surface area (Å²) >= 11 is 0. The van der Waals surface area contributed by atoms with Gasteiger partial charge in [-0.2, -0.15) is 5.10 Å². The predicted octanol–water partition coefficient (Wildman–Crippen LogP) is 0.860. The zero-order valence-corrected chi connectivity index (χ0v) is 12.4. The van der Waals surface area contributed by atoms with E-state index in [1.165, 1.54) is 0 Å². The Bertz CT molecular complexity index is 470. The number of hydrogen-bond acceptors (Lipinski definition) is 4. The highest BCUT2D eigenvalue weighted by Gasteiger charge is 2.27. The Balaban J connectivity index is 2.19. The lowest BCUT2D eigenvalue weighted by Gasteiger charge is -2.32. The summed E-state index contributed by atoms with van der Waals surface area (Å²) in [5.74, 6) is 0.261. The molecule has 1 unspecified atom stereocenters. The highest BCUT2D eigenvalue weighted by atomic mass is 16.5. The summed E-state index contributed by atoms with van der Waals surface area (Å²) in [6.45, 7) is 8.16. The van der Waals surface area contributed by atoms with Crippen LogP contribution in [0.5, 0.6) is 0 Å². The third-order valence-corrected chi connectivity index (χ3v) is 3.54. The van der Waals surface area contributed by atoms with Crippen LogP contribution < -0.4 is 0 Å². The van der Waals surface area contributed by atoms with Crippen molar-refractivity contribution in [2.45, 2.75) is 39.3 Å². The molecule has 6 heteroatoms. The predicted molar refractivity (Wildman–Crippen MR) is 74.7 cm³/mol. The number of aryl methyl sites for hydroxylation is 1. The van der Waals surface area contributed by atoms with Crippen LogP contribution in [-0.2, 0) is 11.3 Å². The van der Waals surface area contributed by atoms with Gasteiger partial charge in [0.2, 0.25) is 0 Å². The fraction of sp³-hybridized carbons (Fsp3) is 0.714. The number of ether oxygens (including phenoxy) is 1. The fourth-order valence-electron chi connectivity index (χ4n) is 2.31. The number of carbonyl (C=O) groups is 1. The molecule has 2 rings (SSSR count). The third kappa shape index (κ3) is 3.02. The molecule has 1 saturated heterocycles. The Labute approximate surface area is 119 Å². The van der Waals surface area contributed by atoms with E-state index in [0.29, 0.717) is 37.9 Å². The number of nitrogens with zero attached hydrogens (tertiary/aromatic N) is 3. The minimum Gasteiger partial charge on any atom is -0.394 e. The molecule has 2 heterocycles. The van der Waals surface area contributed by atoms with E-state index in [2.05, 4.69) is 18.9 Å². The highest BCUT2D eigenvalue weighted by Crippen LogP contribution is 2.17. The fourth-order valence-corrected chi connectivity index (χ4v) is 2.31. The van der Waals surface area contributed by atoms with Gasteiger partial charge in [0.15, 0.2) is 0 Å². The van der Waals surface area contributed by atoms with Crippen LogP contribution in [0.1, 0.15) is 42.9 Å². The summed E-state index contributed by atoms with van der Waals surface area (Å²) < 4.78 is 7.13. The lowest BCUT2D eigenvalue weighted by atomic mass is 10.1. The molecule has 1 N–H and O–H groups in total. The summed E-state index contributed by atoms with van der Waals surface area (Å²) in [6, 6.07) is 1.87. The van der Waals surface area contributed by atoms with Crippen LogP contribution in [0.25, 0.3) is 0 Å². The van der Waals surface area contributed by atoms with Gasteiger partial charge in [-0.25, -0.2) is 0 Å². The van der Waals surface area contributed by atoms with Crippen molar-refractivity contribution in [1.29, 1.82) is 0 Å². The van der Waals surface area contributed by atoms with Crippen molar-refractivity contribution in [2.24, 2.45) is 0 Å². The maximum atomic E-state index is 12.6. The van der Waals surface area contributed by atoms with Crippen LogP contribution in [0.4, 0.5) is 0 Å². The number of morpholine rings is 1. The molecule has 0 spiro atoms. The van der Waals surface area contributed by atoms with Gasteiger partial charge in [-0.05, 0) is 18.9 Å². The van der Waals surface area contributed by atoms with Crippen molar-refractivity contribution in [3.63, 3.8) is 0 Å². The van der Waals surface area contributed by atoms with Crippen molar-refractivity contribution in [3.05, 3.63) is 17.5 Å². The molecule has 1 atom stereocenters. The van der Waals surface area contributed by atoms with E-state index in [9.17, 15) is 4.79 Å². The van der Waals surface area contributed by atoms with Gasteiger partial charge in [0.25, 0.3) is 5.91 Å². The van der Waals surface area contributed by atoms with E-state index in [-0.39, 0.29) is 18.6 Å². The maximum Gasteiger partial charge on any atom is 0.272 e. The Morgan fingerprint density at radius 3 is 2.95 bits per heavy atom. The Kier molecular flexibility index (Phi) is 4.77. The molecule has 112 valence electrons. The van der Waals surface area contributed by atoms with E-state index < -0.39 is 0 Å². The molecular formula is C14H23N3O3. The molecular weight excluding hydrogens is 258 g/mol. The molecule has 1 fully saturated rings. The molecule has 0 saturated carbocycles. The van der Waals surface area contributed by atoms with Gasteiger partial charge in [0, 0.05) is 19.6 Å². The van der Waals surface area contributed by atoms with Crippen molar-refractivity contribution in [1.82, 2.24) is 14.7 Å². The molecule has 20 heavy (non-hydrogen) atoms. The standard InChI is InChI=1S/C14H23N3O3/c1-4-17-13(7-12(15-17)10(2)3)14(19)16-5-6-20-11(8-16)9-18/h7,10-11,18H,4-6,8-9H2,1-3H3. The largest absolute Gasteiger partial charge is 0.394 e. The van der Waals surface area contributed by atoms with Gasteiger partial charge in [-0.15, -0.1) is 0 Å². The maximum absolute atomic E-state index is 12.6. The van der Waals surface area contributed by atoms with Crippen LogP contribution >= 0.6 is 0 Å². The quantitative estimate of drug-likeness (QED) is 0.889. The molecule has 1 aliphatic heterocycles. The van der Waals surface area contributed by atoms with Gasteiger partial charge in [0.1, 0.15) is 5.69 Å². The van der Waals surface area contributed by atoms with E-state index in [0.717, 1.165) is 5.69 Å². The van der Waals surface area contributed by atoms with Gasteiger partial charge < -0.3 is 14.7 Å². The number of hydrogen-bond donors (Lipinski definition) is 1. The van der Waals surface area contributed by atoms with Crippen molar-refractivity contribution in [2.75, 3.05) is 26.3 Å². The number of amides is 1. The number of aliphatic hydroxyl groups excluding tert-OH is 1. The van der Waals surface area contributed by atoms with Crippen molar-refractivity contribution < 1.29 is 14.6 Å². The molecule has 1 aliphatic rings. The summed E-state index contributed by atoms with van der Waals surface area (Å²) in [6.07, 6.45) is -0.282. The van der Waals surface area contributed by atoms with Gasteiger partial charge in [-0.1, -0.05) is 13.8 Å². The first-order valence-electron chi connectivity index (χ1n) is 7.16. The molecule has 1 amide bonds. The molecule has 0 radical (unpaired) electrons. The zero-order chi connectivity index (χ0) is 14.7. The first-order chi connectivity index (χ1) is 9.56. The smallest absolute Gasteiger partial charge is 0.272 e. The average molecular weight is 281 g/mol.